The van der Waals surface area contributed by atoms with E-state index in [2.05, 4.69) is 81.5 Å². The van der Waals surface area contributed by atoms with Crippen LogP contribution in [-0.4, -0.2) is 20.3 Å². The van der Waals surface area contributed by atoms with Crippen LogP contribution in [0, 0.1) is 12.8 Å². The molecule has 2 nitrogen and oxygen atoms in total. The van der Waals surface area contributed by atoms with Gasteiger partial charge in [0.2, 0.25) is 0 Å². The molecule has 0 radical (unpaired) electrons. The Morgan fingerprint density at radius 3 is 2.35 bits per heavy atom. The van der Waals surface area contributed by atoms with E-state index in [1.165, 1.54) is 35.1 Å². The van der Waals surface area contributed by atoms with Crippen molar-refractivity contribution in [1.82, 2.24) is 5.32 Å². The SMILES string of the molecule is CCC[C@@H](C)Cc1ccccc1[C@](C)(NCCOC)c1ccccc1C. The molecular weight excluding hydrogens is 318 g/mol. The summed E-state index contributed by atoms with van der Waals surface area (Å²) in [4.78, 5) is 0. The molecule has 0 saturated heterocycles. The van der Waals surface area contributed by atoms with Crippen LogP contribution < -0.4 is 5.32 Å². The first-order valence-corrected chi connectivity index (χ1v) is 9.91. The van der Waals surface area contributed by atoms with Crippen LogP contribution in [0.1, 0.15) is 55.9 Å². The van der Waals surface area contributed by atoms with E-state index in [1.807, 2.05) is 0 Å². The highest BCUT2D eigenvalue weighted by atomic mass is 16.5. The zero-order valence-electron chi connectivity index (χ0n) is 17.1. The van der Waals surface area contributed by atoms with Gasteiger partial charge in [0.05, 0.1) is 12.1 Å². The summed E-state index contributed by atoms with van der Waals surface area (Å²) in [5.74, 6) is 0.696. The third-order valence-corrected chi connectivity index (χ3v) is 5.37. The van der Waals surface area contributed by atoms with Crippen LogP contribution >= 0.6 is 0 Å². The van der Waals surface area contributed by atoms with E-state index < -0.39 is 0 Å². The van der Waals surface area contributed by atoms with Gasteiger partial charge in [-0.25, -0.2) is 0 Å². The Bertz CT molecular complexity index is 681. The summed E-state index contributed by atoms with van der Waals surface area (Å²) in [6.45, 7) is 10.7. The van der Waals surface area contributed by atoms with Gasteiger partial charge in [0.15, 0.2) is 0 Å². The van der Waals surface area contributed by atoms with Crippen molar-refractivity contribution in [3.63, 3.8) is 0 Å². The first kappa shape index (κ1) is 20.7. The minimum atomic E-state index is -0.230. The largest absolute Gasteiger partial charge is 0.383 e. The number of benzene rings is 2. The van der Waals surface area contributed by atoms with Crippen LogP contribution in [-0.2, 0) is 16.7 Å². The number of aryl methyl sites for hydroxylation is 1. The number of hydrogen-bond donors (Lipinski definition) is 1. The van der Waals surface area contributed by atoms with Crippen molar-refractivity contribution >= 4 is 0 Å². The predicted molar refractivity (Wildman–Crippen MR) is 112 cm³/mol. The minimum Gasteiger partial charge on any atom is -0.383 e. The van der Waals surface area contributed by atoms with Crippen molar-refractivity contribution in [3.8, 4) is 0 Å². The van der Waals surface area contributed by atoms with Gasteiger partial charge in [-0.15, -0.1) is 0 Å². The summed E-state index contributed by atoms with van der Waals surface area (Å²) in [6, 6.07) is 17.6. The van der Waals surface area contributed by atoms with Gasteiger partial charge in [-0.1, -0.05) is 75.2 Å². The van der Waals surface area contributed by atoms with Crippen LogP contribution in [0.3, 0.4) is 0 Å². The first-order valence-electron chi connectivity index (χ1n) is 9.91. The fraction of sp³-hybridized carbons (Fsp3) is 0.500. The van der Waals surface area contributed by atoms with E-state index in [0.29, 0.717) is 12.5 Å². The van der Waals surface area contributed by atoms with E-state index in [4.69, 9.17) is 4.74 Å². The van der Waals surface area contributed by atoms with Gasteiger partial charge in [0.1, 0.15) is 0 Å². The zero-order valence-corrected chi connectivity index (χ0v) is 17.1. The zero-order chi connectivity index (χ0) is 19.0. The minimum absolute atomic E-state index is 0.230. The quantitative estimate of drug-likeness (QED) is 0.572. The number of rotatable bonds is 10. The molecule has 1 N–H and O–H groups in total. The molecule has 2 atom stereocenters. The van der Waals surface area contributed by atoms with Gasteiger partial charge in [0.25, 0.3) is 0 Å². The van der Waals surface area contributed by atoms with E-state index in [1.54, 1.807) is 7.11 Å². The van der Waals surface area contributed by atoms with Crippen molar-refractivity contribution < 1.29 is 4.74 Å². The topological polar surface area (TPSA) is 21.3 Å². The number of ether oxygens (including phenoxy) is 1. The molecule has 0 amide bonds. The number of hydrogen-bond acceptors (Lipinski definition) is 2. The second kappa shape index (κ2) is 9.89. The Kier molecular flexibility index (Phi) is 7.86. The average Bonchev–Trinajstić information content (AvgIpc) is 2.63. The Hall–Kier alpha value is -1.64. The summed E-state index contributed by atoms with van der Waals surface area (Å²) in [7, 11) is 1.76. The maximum absolute atomic E-state index is 5.30. The Labute approximate surface area is 160 Å². The normalized spacial score (nSPS) is 14.8. The Balaban J connectivity index is 2.47. The maximum Gasteiger partial charge on any atom is 0.0667 e. The third-order valence-electron chi connectivity index (χ3n) is 5.37. The second-order valence-electron chi connectivity index (χ2n) is 7.61. The van der Waals surface area contributed by atoms with Gasteiger partial charge in [-0.2, -0.15) is 0 Å². The fourth-order valence-corrected chi connectivity index (χ4v) is 4.03. The molecule has 0 saturated carbocycles. The molecule has 0 aliphatic rings. The van der Waals surface area contributed by atoms with Crippen LogP contribution in [0.15, 0.2) is 48.5 Å². The average molecular weight is 354 g/mol. The van der Waals surface area contributed by atoms with Crippen LogP contribution in [0.5, 0.6) is 0 Å². The lowest BCUT2D eigenvalue weighted by molar-refractivity contribution is 0.190. The molecular formula is C24H35NO. The molecule has 0 aliphatic heterocycles. The first-order chi connectivity index (χ1) is 12.5. The third kappa shape index (κ3) is 4.96. The van der Waals surface area contributed by atoms with Gasteiger partial charge in [0, 0.05) is 13.7 Å². The summed E-state index contributed by atoms with van der Waals surface area (Å²) < 4.78 is 5.30. The molecule has 2 aromatic carbocycles. The molecule has 26 heavy (non-hydrogen) atoms. The molecule has 0 fully saturated rings. The summed E-state index contributed by atoms with van der Waals surface area (Å²) in [5, 5.41) is 3.79. The van der Waals surface area contributed by atoms with Crippen molar-refractivity contribution in [2.75, 3.05) is 20.3 Å². The standard InChI is InChI=1S/C24H35NO/c1-6-11-19(2)18-21-13-8-10-15-23(21)24(4,25-16-17-26-5)22-14-9-7-12-20(22)3/h7-10,12-15,19,25H,6,11,16-18H2,1-5H3/t19-,24-/m1/s1. The fourth-order valence-electron chi connectivity index (χ4n) is 4.03. The Morgan fingerprint density at radius 1 is 1.04 bits per heavy atom. The van der Waals surface area contributed by atoms with Gasteiger partial charge in [-0.3, -0.25) is 0 Å². The van der Waals surface area contributed by atoms with E-state index in [9.17, 15) is 0 Å². The Morgan fingerprint density at radius 2 is 1.69 bits per heavy atom. The lowest BCUT2D eigenvalue weighted by atomic mass is 9.78. The van der Waals surface area contributed by atoms with Gasteiger partial charge < -0.3 is 10.1 Å². The highest BCUT2D eigenvalue weighted by Crippen LogP contribution is 2.34. The second-order valence-corrected chi connectivity index (χ2v) is 7.61. The van der Waals surface area contributed by atoms with Crippen molar-refractivity contribution in [1.29, 1.82) is 0 Å². The summed E-state index contributed by atoms with van der Waals surface area (Å²) >= 11 is 0. The molecule has 2 aromatic rings. The lowest BCUT2D eigenvalue weighted by Crippen LogP contribution is -2.43. The van der Waals surface area contributed by atoms with Crippen molar-refractivity contribution in [2.24, 2.45) is 5.92 Å². The molecule has 0 unspecified atom stereocenters. The lowest BCUT2D eigenvalue weighted by Gasteiger charge is -2.36. The van der Waals surface area contributed by atoms with Crippen LogP contribution in [0.4, 0.5) is 0 Å². The summed E-state index contributed by atoms with van der Waals surface area (Å²) in [5.41, 5.74) is 5.26. The van der Waals surface area contributed by atoms with Gasteiger partial charge in [-0.05, 0) is 48.4 Å². The molecule has 0 bridgehead atoms. The summed E-state index contributed by atoms with van der Waals surface area (Å²) in [6.07, 6.45) is 3.63. The van der Waals surface area contributed by atoms with Crippen molar-refractivity contribution in [3.05, 3.63) is 70.8 Å². The van der Waals surface area contributed by atoms with Crippen molar-refractivity contribution in [2.45, 2.75) is 52.5 Å². The highest BCUT2D eigenvalue weighted by molar-refractivity contribution is 5.45. The molecule has 0 heterocycles. The highest BCUT2D eigenvalue weighted by Gasteiger charge is 2.31. The van der Waals surface area contributed by atoms with Gasteiger partial charge >= 0.3 is 0 Å². The number of methoxy groups -OCH3 is 1. The van der Waals surface area contributed by atoms with E-state index in [-0.39, 0.29) is 5.54 Å². The molecule has 0 aliphatic carbocycles. The maximum atomic E-state index is 5.30. The van der Waals surface area contributed by atoms with Crippen LogP contribution in [0.2, 0.25) is 0 Å². The molecule has 2 rings (SSSR count). The molecule has 142 valence electrons. The smallest absolute Gasteiger partial charge is 0.0667 e. The van der Waals surface area contributed by atoms with E-state index >= 15 is 0 Å². The van der Waals surface area contributed by atoms with Crippen LogP contribution in [0.25, 0.3) is 0 Å². The molecule has 2 heteroatoms. The molecule has 0 spiro atoms. The molecule has 0 aromatic heterocycles. The van der Waals surface area contributed by atoms with E-state index in [0.717, 1.165) is 13.0 Å². The monoisotopic (exact) mass is 353 g/mol. The predicted octanol–water partition coefficient (Wildman–Crippen LogP) is 5.47. The number of nitrogens with one attached hydrogen (secondary N) is 1.